The Morgan fingerprint density at radius 2 is 1.89 bits per heavy atom. The monoisotopic (exact) mass is 517 g/mol. The Kier molecular flexibility index (Phi) is 8.68. The molecule has 1 heterocycles. The van der Waals surface area contributed by atoms with Gasteiger partial charge in [0.1, 0.15) is 17.2 Å². The predicted octanol–water partition coefficient (Wildman–Crippen LogP) is 3.87. The summed E-state index contributed by atoms with van der Waals surface area (Å²) in [6.45, 7) is 4.43. The molecule has 4 rings (SSSR count). The molecule has 200 valence electrons. The number of amides is 1. The second-order valence-corrected chi connectivity index (χ2v) is 9.63. The van der Waals surface area contributed by atoms with E-state index >= 15 is 0 Å². The third kappa shape index (κ3) is 6.34. The van der Waals surface area contributed by atoms with Gasteiger partial charge in [-0.1, -0.05) is 30.3 Å². The van der Waals surface area contributed by atoms with Gasteiger partial charge in [0.15, 0.2) is 0 Å². The van der Waals surface area contributed by atoms with Crippen molar-refractivity contribution in [3.05, 3.63) is 94.2 Å². The number of carbonyl (C=O) groups is 1. The molecule has 2 atom stereocenters. The van der Waals surface area contributed by atoms with Crippen LogP contribution in [0.4, 0.5) is 0 Å². The smallest absolute Gasteiger partial charge is 0.267 e. The first-order valence-corrected chi connectivity index (χ1v) is 12.7. The maximum absolute atomic E-state index is 12.8. The van der Waals surface area contributed by atoms with Crippen molar-refractivity contribution in [2.75, 3.05) is 13.7 Å². The van der Waals surface area contributed by atoms with E-state index in [0.717, 1.165) is 39.8 Å². The molecule has 2 unspecified atom stereocenters. The number of aliphatic hydroxyl groups excluding tert-OH is 2. The number of aromatic nitrogens is 1. The van der Waals surface area contributed by atoms with Gasteiger partial charge in [0.2, 0.25) is 0 Å². The van der Waals surface area contributed by atoms with E-state index in [0.29, 0.717) is 29.9 Å². The molecule has 0 aliphatic heterocycles. The molecular weight excluding hydrogens is 482 g/mol. The van der Waals surface area contributed by atoms with E-state index in [1.165, 1.54) is 6.07 Å². The van der Waals surface area contributed by atoms with Gasteiger partial charge in [-0.25, -0.2) is 0 Å². The zero-order chi connectivity index (χ0) is 27.2. The quantitative estimate of drug-likeness (QED) is 0.179. The number of rotatable bonds is 11. The second-order valence-electron chi connectivity index (χ2n) is 9.63. The number of benzene rings is 3. The largest absolute Gasteiger partial charge is 0.508 e. The Balaban J connectivity index is 1.34. The van der Waals surface area contributed by atoms with Crippen LogP contribution in [0.3, 0.4) is 0 Å². The van der Waals surface area contributed by atoms with E-state index in [2.05, 4.69) is 21.7 Å². The number of aromatic amines is 1. The van der Waals surface area contributed by atoms with Crippen molar-refractivity contribution >= 4 is 16.8 Å². The summed E-state index contributed by atoms with van der Waals surface area (Å²) < 4.78 is 5.48. The average molecular weight is 518 g/mol. The minimum atomic E-state index is -0.767. The highest BCUT2D eigenvalue weighted by Gasteiger charge is 2.14. The van der Waals surface area contributed by atoms with Crippen LogP contribution in [0.1, 0.15) is 51.3 Å². The molecule has 4 aromatic rings. The normalized spacial score (nSPS) is 12.9. The predicted molar refractivity (Wildman–Crippen MR) is 147 cm³/mol. The van der Waals surface area contributed by atoms with Crippen molar-refractivity contribution < 1.29 is 24.9 Å². The van der Waals surface area contributed by atoms with Crippen molar-refractivity contribution in [3.63, 3.8) is 0 Å². The van der Waals surface area contributed by atoms with Crippen LogP contribution in [0.2, 0.25) is 0 Å². The van der Waals surface area contributed by atoms with E-state index in [4.69, 9.17) is 4.74 Å². The van der Waals surface area contributed by atoms with Gasteiger partial charge in [-0.05, 0) is 67.3 Å². The number of ether oxygens (including phenoxy) is 1. The van der Waals surface area contributed by atoms with Gasteiger partial charge in [-0.2, -0.15) is 0 Å². The first-order valence-electron chi connectivity index (χ1n) is 12.7. The molecule has 0 saturated heterocycles. The Hall–Kier alpha value is -3.85. The van der Waals surface area contributed by atoms with E-state index in [9.17, 15) is 20.1 Å². The number of fused-ring (bicyclic) bond motifs is 1. The molecule has 6 N–H and O–H groups in total. The number of aliphatic hydroxyl groups is 2. The molecule has 0 radical (unpaired) electrons. The standard InChI is InChI=1S/C30H35N3O5/c1-18-5-4-6-22(29(18)38-3)15-32-30(37)26-14-23-12-20(7-9-25(23)33-26)11-19(2)31-16-28(36)21-8-10-27(35)24(13-21)17-34/h4-10,12-14,19,28,31,33-36H,11,15-17H2,1-3H3,(H,32,37). The molecule has 8 nitrogen and oxygen atoms in total. The summed E-state index contributed by atoms with van der Waals surface area (Å²) in [6.07, 6.45) is -0.0312. The van der Waals surface area contributed by atoms with E-state index in [1.54, 1.807) is 19.2 Å². The summed E-state index contributed by atoms with van der Waals surface area (Å²) in [4.78, 5) is 16.0. The lowest BCUT2D eigenvalue weighted by atomic mass is 10.0. The van der Waals surface area contributed by atoms with Crippen molar-refractivity contribution in [3.8, 4) is 11.5 Å². The highest BCUT2D eigenvalue weighted by molar-refractivity contribution is 5.98. The topological polar surface area (TPSA) is 127 Å². The van der Waals surface area contributed by atoms with Gasteiger partial charge in [0, 0.05) is 41.2 Å². The van der Waals surface area contributed by atoms with E-state index in [-0.39, 0.29) is 24.3 Å². The molecule has 3 aromatic carbocycles. The minimum absolute atomic E-state index is 0.0112. The fourth-order valence-electron chi connectivity index (χ4n) is 4.64. The number of aromatic hydroxyl groups is 1. The molecule has 0 spiro atoms. The van der Waals surface area contributed by atoms with Crippen LogP contribution < -0.4 is 15.4 Å². The molecule has 38 heavy (non-hydrogen) atoms. The molecule has 0 aliphatic carbocycles. The van der Waals surface area contributed by atoms with Crippen molar-refractivity contribution in [2.24, 2.45) is 0 Å². The second kappa shape index (κ2) is 12.1. The highest BCUT2D eigenvalue weighted by Crippen LogP contribution is 2.24. The maximum Gasteiger partial charge on any atom is 0.267 e. The lowest BCUT2D eigenvalue weighted by Gasteiger charge is -2.18. The number of para-hydroxylation sites is 1. The number of carbonyl (C=O) groups excluding carboxylic acids is 1. The van der Waals surface area contributed by atoms with Crippen LogP contribution in [-0.2, 0) is 19.6 Å². The SMILES string of the molecule is COc1c(C)cccc1CNC(=O)c1cc2cc(CC(C)NCC(O)c3ccc(O)c(CO)c3)ccc2[nH]1. The average Bonchev–Trinajstić information content (AvgIpc) is 3.34. The zero-order valence-electron chi connectivity index (χ0n) is 21.9. The van der Waals surface area contributed by atoms with E-state index < -0.39 is 6.10 Å². The fraction of sp³-hybridized carbons (Fsp3) is 0.300. The van der Waals surface area contributed by atoms with Crippen LogP contribution in [-0.4, -0.2) is 45.9 Å². The molecule has 0 saturated carbocycles. The molecule has 0 fully saturated rings. The number of hydrogen-bond donors (Lipinski definition) is 6. The minimum Gasteiger partial charge on any atom is -0.508 e. The first-order chi connectivity index (χ1) is 18.3. The van der Waals surface area contributed by atoms with Gasteiger partial charge >= 0.3 is 0 Å². The van der Waals surface area contributed by atoms with Gasteiger partial charge in [0.25, 0.3) is 5.91 Å². The van der Waals surface area contributed by atoms with Gasteiger partial charge in [-0.15, -0.1) is 0 Å². The van der Waals surface area contributed by atoms with Crippen LogP contribution >= 0.6 is 0 Å². The van der Waals surface area contributed by atoms with E-state index in [1.807, 2.05) is 50.2 Å². The molecule has 0 aliphatic rings. The summed E-state index contributed by atoms with van der Waals surface area (Å²) >= 11 is 0. The Bertz CT molecular complexity index is 1410. The lowest BCUT2D eigenvalue weighted by Crippen LogP contribution is -2.32. The molecule has 0 bridgehead atoms. The van der Waals surface area contributed by atoms with Gasteiger partial charge in [-0.3, -0.25) is 4.79 Å². The highest BCUT2D eigenvalue weighted by atomic mass is 16.5. The molecule has 8 heteroatoms. The van der Waals surface area contributed by atoms with Crippen molar-refractivity contribution in [1.29, 1.82) is 0 Å². The number of nitrogens with one attached hydrogen (secondary N) is 3. The van der Waals surface area contributed by atoms with Crippen LogP contribution in [0, 0.1) is 6.92 Å². The summed E-state index contributed by atoms with van der Waals surface area (Å²) in [5.41, 5.74) is 5.44. The Labute approximate surface area is 222 Å². The summed E-state index contributed by atoms with van der Waals surface area (Å²) in [5.74, 6) is 0.605. The number of phenols is 1. The fourth-order valence-corrected chi connectivity index (χ4v) is 4.64. The summed E-state index contributed by atoms with van der Waals surface area (Å²) in [5, 5.41) is 36.8. The number of methoxy groups -OCH3 is 1. The third-order valence-electron chi connectivity index (χ3n) is 6.73. The lowest BCUT2D eigenvalue weighted by molar-refractivity contribution is 0.0946. The molecular formula is C30H35N3O5. The maximum atomic E-state index is 12.8. The third-order valence-corrected chi connectivity index (χ3v) is 6.73. The molecule has 1 amide bonds. The number of H-pyrrole nitrogens is 1. The van der Waals surface area contributed by atoms with Crippen LogP contribution in [0.15, 0.2) is 60.7 Å². The van der Waals surface area contributed by atoms with Gasteiger partial charge < -0.3 is 35.7 Å². The van der Waals surface area contributed by atoms with Crippen LogP contribution in [0.25, 0.3) is 10.9 Å². The summed E-state index contributed by atoms with van der Waals surface area (Å²) in [7, 11) is 1.63. The van der Waals surface area contributed by atoms with Crippen LogP contribution in [0.5, 0.6) is 11.5 Å². The Morgan fingerprint density at radius 3 is 2.66 bits per heavy atom. The summed E-state index contributed by atoms with van der Waals surface area (Å²) in [6, 6.07) is 18.6. The first kappa shape index (κ1) is 27.2. The number of hydrogen-bond acceptors (Lipinski definition) is 6. The van der Waals surface area contributed by atoms with Crippen molar-refractivity contribution in [2.45, 2.75) is 45.6 Å². The number of aryl methyl sites for hydroxylation is 1. The molecule has 1 aromatic heterocycles. The zero-order valence-corrected chi connectivity index (χ0v) is 21.9. The van der Waals surface area contributed by atoms with Crippen molar-refractivity contribution in [1.82, 2.24) is 15.6 Å². The van der Waals surface area contributed by atoms with Gasteiger partial charge in [0.05, 0.1) is 19.8 Å². The Morgan fingerprint density at radius 1 is 1.08 bits per heavy atom.